The average Bonchev–Trinajstić information content (AvgIpc) is 3.90. The summed E-state index contributed by atoms with van der Waals surface area (Å²) in [7, 11) is 0. The minimum absolute atomic E-state index is 0.575. The fourth-order valence-corrected chi connectivity index (χ4v) is 12.3. The summed E-state index contributed by atoms with van der Waals surface area (Å²) in [5.41, 5.74) is 16.8. The van der Waals surface area contributed by atoms with Gasteiger partial charge in [0.15, 0.2) is 5.82 Å². The van der Waals surface area contributed by atoms with Crippen molar-refractivity contribution in [2.24, 2.45) is 0 Å². The van der Waals surface area contributed by atoms with E-state index >= 15 is 0 Å². The van der Waals surface area contributed by atoms with E-state index in [0.29, 0.717) is 5.82 Å². The van der Waals surface area contributed by atoms with Gasteiger partial charge in [0.25, 0.3) is 0 Å². The lowest BCUT2D eigenvalue weighted by Gasteiger charge is -2.45. The van der Waals surface area contributed by atoms with Crippen LogP contribution in [0.3, 0.4) is 0 Å². The maximum Gasteiger partial charge on any atom is 0.160 e. The Morgan fingerprint density at radius 1 is 0.375 bits per heavy atom. The number of hydrogen-bond acceptors (Lipinski definition) is 3. The highest BCUT2D eigenvalue weighted by molar-refractivity contribution is 7.99. The van der Waals surface area contributed by atoms with Gasteiger partial charge in [0.1, 0.15) is 0 Å². The van der Waals surface area contributed by atoms with Gasteiger partial charge in [-0.3, -0.25) is 0 Å². The van der Waals surface area contributed by atoms with Crippen LogP contribution in [0.4, 0.5) is 0 Å². The van der Waals surface area contributed by atoms with Gasteiger partial charge in [-0.2, -0.15) is 0 Å². The molecule has 1 spiro atoms. The molecule has 5 heterocycles. The van der Waals surface area contributed by atoms with E-state index in [0.717, 1.165) is 33.8 Å². The van der Waals surface area contributed by atoms with Crippen molar-refractivity contribution in [2.45, 2.75) is 15.2 Å². The van der Waals surface area contributed by atoms with Gasteiger partial charge in [-0.15, -0.1) is 0 Å². The monoisotopic (exact) mass is 832 g/mol. The molecule has 0 radical (unpaired) electrons. The molecule has 0 saturated carbocycles. The standard InChI is InChI=1S/C59H36N4S/c1-3-16-37(17-4-1)49-36-50(38-18-5-2-6-19-38)61-58(60-49)39-30-32-40(33-31-39)62-51-26-11-7-21-42(51)44-34-35-48-57(56(44)62)64-54-29-14-10-24-46(54)59(48)45-23-9-13-28-53(45)63-52-27-12-8-20-41(52)43-22-15-25-47(59)55(43)63/h1-36H. The van der Waals surface area contributed by atoms with Crippen LogP contribution < -0.4 is 0 Å². The molecule has 0 saturated heterocycles. The maximum atomic E-state index is 5.16. The molecule has 1 unspecified atom stereocenters. The normalized spacial score (nSPS) is 14.9. The molecule has 2 aliphatic rings. The van der Waals surface area contributed by atoms with Gasteiger partial charge in [-0.25, -0.2) is 9.97 Å². The Balaban J connectivity index is 1.03. The number of hydrogen-bond donors (Lipinski definition) is 0. The van der Waals surface area contributed by atoms with Crippen LogP contribution in [0.25, 0.3) is 88.9 Å². The molecule has 0 amide bonds. The third-order valence-electron chi connectivity index (χ3n) is 13.6. The first-order chi connectivity index (χ1) is 31.8. The largest absolute Gasteiger partial charge is 0.309 e. The Morgan fingerprint density at radius 3 is 1.66 bits per heavy atom. The molecule has 2 aliphatic heterocycles. The van der Waals surface area contributed by atoms with Gasteiger partial charge in [0.05, 0.1) is 44.6 Å². The lowest BCUT2D eigenvalue weighted by Crippen LogP contribution is -2.37. The lowest BCUT2D eigenvalue weighted by atomic mass is 9.62. The van der Waals surface area contributed by atoms with Crippen molar-refractivity contribution >= 4 is 55.4 Å². The van der Waals surface area contributed by atoms with Crippen LogP contribution in [0.15, 0.2) is 228 Å². The quantitative estimate of drug-likeness (QED) is 0.177. The van der Waals surface area contributed by atoms with Crippen LogP contribution in [0, 0.1) is 0 Å². The van der Waals surface area contributed by atoms with Crippen LogP contribution in [-0.4, -0.2) is 19.1 Å². The summed E-state index contributed by atoms with van der Waals surface area (Å²) in [6.07, 6.45) is 0. The third kappa shape index (κ3) is 4.84. The molecule has 0 aliphatic carbocycles. The molecule has 3 aromatic heterocycles. The number of aromatic nitrogens is 4. The van der Waals surface area contributed by atoms with Crippen LogP contribution in [0.5, 0.6) is 0 Å². The predicted molar refractivity (Wildman–Crippen MR) is 263 cm³/mol. The second kappa shape index (κ2) is 13.5. The fourth-order valence-electron chi connectivity index (χ4n) is 10.9. The van der Waals surface area contributed by atoms with Gasteiger partial charge in [0, 0.05) is 53.7 Å². The number of benzene rings is 9. The highest BCUT2D eigenvalue weighted by Crippen LogP contribution is 2.62. The zero-order valence-corrected chi connectivity index (χ0v) is 35.3. The SMILES string of the molecule is c1ccc(-c2cc(-c3ccccc3)nc(-c3ccc(-n4c5ccccc5c5ccc6c(c54)Sc4ccccc4C64c5ccccc5-n5c6ccccc6c6cccc4c65)cc3)n2)cc1. The predicted octanol–water partition coefficient (Wildman–Crippen LogP) is 14.8. The van der Waals surface area contributed by atoms with Crippen LogP contribution >= 0.6 is 11.8 Å². The first kappa shape index (κ1) is 35.6. The van der Waals surface area contributed by atoms with Gasteiger partial charge in [0.2, 0.25) is 0 Å². The zero-order valence-electron chi connectivity index (χ0n) is 34.5. The highest BCUT2D eigenvalue weighted by atomic mass is 32.2. The molecule has 0 N–H and O–H groups in total. The summed E-state index contributed by atoms with van der Waals surface area (Å²) in [4.78, 5) is 12.9. The zero-order chi connectivity index (χ0) is 41.9. The van der Waals surface area contributed by atoms with Crippen molar-refractivity contribution in [1.29, 1.82) is 0 Å². The number of nitrogens with zero attached hydrogens (tertiary/aromatic N) is 4. The topological polar surface area (TPSA) is 35.6 Å². The molecule has 5 heteroatoms. The third-order valence-corrected chi connectivity index (χ3v) is 14.8. The van der Waals surface area contributed by atoms with E-state index in [9.17, 15) is 0 Å². The number of para-hydroxylation sites is 4. The molecular weight excluding hydrogens is 797 g/mol. The first-order valence-corrected chi connectivity index (χ1v) is 22.6. The maximum absolute atomic E-state index is 5.16. The number of fused-ring (bicyclic) bond motifs is 15. The van der Waals surface area contributed by atoms with Crippen molar-refractivity contribution in [2.75, 3.05) is 0 Å². The summed E-state index contributed by atoms with van der Waals surface area (Å²) < 4.78 is 5.01. The molecule has 64 heavy (non-hydrogen) atoms. The van der Waals surface area contributed by atoms with E-state index in [2.05, 4.69) is 215 Å². The average molecular weight is 833 g/mol. The van der Waals surface area contributed by atoms with E-state index in [1.165, 1.54) is 81.3 Å². The van der Waals surface area contributed by atoms with Crippen molar-refractivity contribution in [3.05, 3.63) is 241 Å². The molecule has 9 aromatic carbocycles. The van der Waals surface area contributed by atoms with Crippen molar-refractivity contribution in [3.63, 3.8) is 0 Å². The molecule has 0 bridgehead atoms. The van der Waals surface area contributed by atoms with E-state index in [1.54, 1.807) is 0 Å². The van der Waals surface area contributed by atoms with E-state index < -0.39 is 5.41 Å². The number of rotatable bonds is 4. The Kier molecular flexibility index (Phi) is 7.51. The molecule has 12 aromatic rings. The summed E-state index contributed by atoms with van der Waals surface area (Å²) >= 11 is 1.91. The summed E-state index contributed by atoms with van der Waals surface area (Å²) in [5.74, 6) is 0.697. The van der Waals surface area contributed by atoms with Crippen molar-refractivity contribution in [3.8, 4) is 45.3 Å². The molecule has 4 nitrogen and oxygen atoms in total. The molecule has 14 rings (SSSR count). The second-order valence-corrected chi connectivity index (χ2v) is 17.9. The smallest absolute Gasteiger partial charge is 0.160 e. The summed E-state index contributed by atoms with van der Waals surface area (Å²) in [6.45, 7) is 0. The van der Waals surface area contributed by atoms with Crippen LogP contribution in [0.1, 0.15) is 22.3 Å². The van der Waals surface area contributed by atoms with Crippen molar-refractivity contribution < 1.29 is 0 Å². The van der Waals surface area contributed by atoms with Crippen LogP contribution in [-0.2, 0) is 5.41 Å². The van der Waals surface area contributed by atoms with Crippen molar-refractivity contribution in [1.82, 2.24) is 19.1 Å². The Bertz CT molecular complexity index is 3810. The summed E-state index contributed by atoms with van der Waals surface area (Å²) in [6, 6.07) is 79.5. The Morgan fingerprint density at radius 2 is 0.938 bits per heavy atom. The first-order valence-electron chi connectivity index (χ1n) is 21.8. The highest BCUT2D eigenvalue weighted by Gasteiger charge is 2.50. The second-order valence-electron chi connectivity index (χ2n) is 16.9. The molecule has 0 fully saturated rings. The minimum Gasteiger partial charge on any atom is -0.309 e. The van der Waals surface area contributed by atoms with E-state index in [4.69, 9.17) is 9.97 Å². The van der Waals surface area contributed by atoms with Gasteiger partial charge < -0.3 is 9.13 Å². The van der Waals surface area contributed by atoms with Gasteiger partial charge in [-0.05, 0) is 76.9 Å². The Labute approximate surface area is 373 Å². The van der Waals surface area contributed by atoms with E-state index in [-0.39, 0.29) is 0 Å². The Hall–Kier alpha value is -7.99. The van der Waals surface area contributed by atoms with Gasteiger partial charge >= 0.3 is 0 Å². The minimum atomic E-state index is -0.575. The summed E-state index contributed by atoms with van der Waals surface area (Å²) in [5, 5.41) is 5.03. The molecule has 1 atom stereocenters. The van der Waals surface area contributed by atoms with Gasteiger partial charge in [-0.1, -0.05) is 176 Å². The van der Waals surface area contributed by atoms with E-state index in [1.807, 2.05) is 23.9 Å². The lowest BCUT2D eigenvalue weighted by molar-refractivity contribution is 0.691. The van der Waals surface area contributed by atoms with Crippen LogP contribution in [0.2, 0.25) is 0 Å². The molecule has 298 valence electrons. The fraction of sp³-hybridized carbons (Fsp3) is 0.0169. The molecular formula is C59H36N4S.